The quantitative estimate of drug-likeness (QED) is 0.296. The van der Waals surface area contributed by atoms with E-state index in [9.17, 15) is 24.6 Å². The third-order valence-corrected chi connectivity index (χ3v) is 9.15. The molecule has 2 aromatic rings. The molecule has 2 aliphatic carbocycles. The van der Waals surface area contributed by atoms with Crippen LogP contribution in [0.25, 0.3) is 0 Å². The number of amides is 2. The van der Waals surface area contributed by atoms with Gasteiger partial charge in [0.15, 0.2) is 11.5 Å². The summed E-state index contributed by atoms with van der Waals surface area (Å²) in [6.45, 7) is 0.0701. The van der Waals surface area contributed by atoms with Crippen LogP contribution in [0.4, 0.5) is 0 Å². The number of methoxy groups -OCH3 is 2. The van der Waals surface area contributed by atoms with E-state index in [1.807, 2.05) is 24.3 Å². The topological polar surface area (TPSA) is 135 Å². The Morgan fingerprint density at radius 1 is 1.11 bits per heavy atom. The molecule has 1 aliphatic heterocycles. The Morgan fingerprint density at radius 3 is 2.57 bits per heavy atom. The predicted molar refractivity (Wildman–Crippen MR) is 163 cm³/mol. The summed E-state index contributed by atoms with van der Waals surface area (Å²) in [7, 11) is 3.07. The maximum atomic E-state index is 14.0. The third-order valence-electron chi connectivity index (χ3n) is 9.15. The van der Waals surface area contributed by atoms with Gasteiger partial charge in [0.1, 0.15) is 24.2 Å². The second kappa shape index (κ2) is 14.3. The number of carbonyl (C=O) groups is 3. The van der Waals surface area contributed by atoms with Gasteiger partial charge in [-0.05, 0) is 48.6 Å². The number of hydrogen-bond donors (Lipinski definition) is 3. The zero-order valence-corrected chi connectivity index (χ0v) is 25.4. The number of aliphatic hydroxyl groups excluding tert-OH is 2. The van der Waals surface area contributed by atoms with Crippen LogP contribution in [0.1, 0.15) is 65.9 Å². The first-order chi connectivity index (χ1) is 21.4. The van der Waals surface area contributed by atoms with Crippen molar-refractivity contribution in [2.24, 2.45) is 5.92 Å². The van der Waals surface area contributed by atoms with Gasteiger partial charge in [-0.3, -0.25) is 14.4 Å². The molecule has 1 heterocycles. The van der Waals surface area contributed by atoms with Gasteiger partial charge in [-0.15, -0.1) is 0 Å². The van der Waals surface area contributed by atoms with Crippen LogP contribution in [0.15, 0.2) is 48.0 Å². The number of aliphatic hydroxyl groups is 2. The first-order valence-corrected chi connectivity index (χ1v) is 15.4. The molecule has 3 N–H and O–H groups in total. The minimum Gasteiger partial charge on any atom is -0.496 e. The van der Waals surface area contributed by atoms with Crippen LogP contribution in [-0.4, -0.2) is 85.4 Å². The van der Waals surface area contributed by atoms with Crippen molar-refractivity contribution in [3.8, 4) is 17.2 Å². The van der Waals surface area contributed by atoms with Gasteiger partial charge in [0.05, 0.1) is 32.8 Å². The molecule has 4 atom stereocenters. The molecule has 44 heavy (non-hydrogen) atoms. The zero-order chi connectivity index (χ0) is 31.2. The fraction of sp³-hybridized carbons (Fsp3) is 0.500. The van der Waals surface area contributed by atoms with Crippen LogP contribution < -0.4 is 19.5 Å². The smallest absolute Gasteiger partial charge is 0.247 e. The Hall–Kier alpha value is -3.89. The molecular weight excluding hydrogens is 564 g/mol. The van der Waals surface area contributed by atoms with Crippen molar-refractivity contribution >= 4 is 18.1 Å². The van der Waals surface area contributed by atoms with Gasteiger partial charge in [-0.1, -0.05) is 43.9 Å². The monoisotopic (exact) mass is 606 g/mol. The Balaban J connectivity index is 1.52. The maximum Gasteiger partial charge on any atom is 0.247 e. The summed E-state index contributed by atoms with van der Waals surface area (Å²) in [5.41, 5.74) is 2.12. The standard InChI is InChI=1S/C34H42N2O8/c1-42-27-10-6-5-9-23(27)13-15-36(29(39)12-11-21-7-3-4-8-21)26-19-25(34(41)35-14-16-37)30-24-17-22(20-38)18-28(43-2)32(24)44-33(30)31(26)40/h5-6,9-10,17-21,26,30-31,33,37,40H,3-4,7-8,11-16H2,1-2H3,(H,35,41). The van der Waals surface area contributed by atoms with Crippen LogP contribution in [0, 0.1) is 5.92 Å². The maximum absolute atomic E-state index is 14.0. The number of benzene rings is 2. The second-order valence-corrected chi connectivity index (χ2v) is 11.7. The largest absolute Gasteiger partial charge is 0.496 e. The van der Waals surface area contributed by atoms with Gasteiger partial charge in [-0.25, -0.2) is 0 Å². The lowest BCUT2D eigenvalue weighted by molar-refractivity contribution is -0.137. The summed E-state index contributed by atoms with van der Waals surface area (Å²) in [5, 5.41) is 24.0. The number of aldehydes is 1. The van der Waals surface area contributed by atoms with Gasteiger partial charge < -0.3 is 34.6 Å². The average Bonchev–Trinajstić information content (AvgIpc) is 3.72. The Kier molecular flexibility index (Phi) is 10.2. The van der Waals surface area contributed by atoms with Crippen molar-refractivity contribution in [1.29, 1.82) is 0 Å². The molecule has 1 fully saturated rings. The highest BCUT2D eigenvalue weighted by Crippen LogP contribution is 2.51. The highest BCUT2D eigenvalue weighted by atomic mass is 16.5. The van der Waals surface area contributed by atoms with Crippen molar-refractivity contribution in [2.45, 2.75) is 69.1 Å². The van der Waals surface area contributed by atoms with E-state index in [-0.39, 0.29) is 25.6 Å². The van der Waals surface area contributed by atoms with Crippen LogP contribution in [0.5, 0.6) is 17.2 Å². The van der Waals surface area contributed by atoms with Crippen LogP contribution >= 0.6 is 0 Å². The second-order valence-electron chi connectivity index (χ2n) is 11.7. The van der Waals surface area contributed by atoms with E-state index < -0.39 is 30.1 Å². The lowest BCUT2D eigenvalue weighted by Gasteiger charge is -2.41. The number of carbonyl (C=O) groups excluding carboxylic acids is 3. The number of rotatable bonds is 13. The van der Waals surface area contributed by atoms with E-state index in [4.69, 9.17) is 14.2 Å². The first kappa shape index (κ1) is 31.5. The first-order valence-electron chi connectivity index (χ1n) is 15.4. The summed E-state index contributed by atoms with van der Waals surface area (Å²) < 4.78 is 17.4. The van der Waals surface area contributed by atoms with E-state index in [0.29, 0.717) is 59.0 Å². The molecule has 5 rings (SSSR count). The Bertz CT molecular complexity index is 1390. The lowest BCUT2D eigenvalue weighted by atomic mass is 9.77. The summed E-state index contributed by atoms with van der Waals surface area (Å²) >= 11 is 0. The Labute approximate surface area is 258 Å². The van der Waals surface area contributed by atoms with Gasteiger partial charge >= 0.3 is 0 Å². The molecule has 2 aromatic carbocycles. The van der Waals surface area contributed by atoms with Crippen molar-refractivity contribution < 1.29 is 38.8 Å². The summed E-state index contributed by atoms with van der Waals surface area (Å²) in [5.74, 6) is 0.632. The SMILES string of the molecule is COc1ccccc1CCN(C(=O)CCC1CCCC1)C1C=C(C(=O)NCCO)C2c3cc(C=O)cc(OC)c3OC2C1O. The van der Waals surface area contributed by atoms with Crippen molar-refractivity contribution in [3.63, 3.8) is 0 Å². The highest BCUT2D eigenvalue weighted by Gasteiger charge is 2.51. The number of fused-ring (bicyclic) bond motifs is 3. The fourth-order valence-corrected chi connectivity index (χ4v) is 6.92. The lowest BCUT2D eigenvalue weighted by Crippen LogP contribution is -2.56. The van der Waals surface area contributed by atoms with Crippen LogP contribution in [0.3, 0.4) is 0 Å². The average molecular weight is 607 g/mol. The number of ether oxygens (including phenoxy) is 3. The van der Waals surface area contributed by atoms with Crippen LogP contribution in [0.2, 0.25) is 0 Å². The van der Waals surface area contributed by atoms with E-state index in [2.05, 4.69) is 5.32 Å². The molecule has 10 heteroatoms. The summed E-state index contributed by atoms with van der Waals surface area (Å²) in [6, 6.07) is 9.95. The molecule has 4 unspecified atom stereocenters. The molecule has 10 nitrogen and oxygen atoms in total. The molecule has 0 saturated heterocycles. The van der Waals surface area contributed by atoms with Gasteiger partial charge in [0.25, 0.3) is 0 Å². The normalized spacial score (nSPS) is 22.3. The van der Waals surface area contributed by atoms with Crippen molar-refractivity contribution in [2.75, 3.05) is 33.9 Å². The van der Waals surface area contributed by atoms with Gasteiger partial charge in [-0.2, -0.15) is 0 Å². The summed E-state index contributed by atoms with van der Waals surface area (Å²) in [4.78, 5) is 41.0. The number of hydrogen-bond acceptors (Lipinski definition) is 8. The minimum absolute atomic E-state index is 0.0318. The van der Waals surface area contributed by atoms with E-state index in [0.717, 1.165) is 24.8 Å². The predicted octanol–water partition coefficient (Wildman–Crippen LogP) is 3.18. The molecule has 0 aromatic heterocycles. The molecular formula is C34H42N2O8. The van der Waals surface area contributed by atoms with E-state index >= 15 is 0 Å². The molecule has 0 radical (unpaired) electrons. The number of para-hydroxylation sites is 1. The van der Waals surface area contributed by atoms with Gasteiger partial charge in [0.2, 0.25) is 11.8 Å². The summed E-state index contributed by atoms with van der Waals surface area (Å²) in [6.07, 6.45) is 6.46. The van der Waals surface area contributed by atoms with Crippen molar-refractivity contribution in [1.82, 2.24) is 10.2 Å². The highest BCUT2D eigenvalue weighted by molar-refractivity contribution is 5.96. The minimum atomic E-state index is -1.18. The third kappa shape index (κ3) is 6.46. The molecule has 2 amide bonds. The molecule has 3 aliphatic rings. The Morgan fingerprint density at radius 2 is 1.86 bits per heavy atom. The van der Waals surface area contributed by atoms with Crippen LogP contribution in [-0.2, 0) is 16.0 Å². The molecule has 0 bridgehead atoms. The van der Waals surface area contributed by atoms with E-state index in [1.54, 1.807) is 30.2 Å². The number of nitrogens with zero attached hydrogens (tertiary/aromatic N) is 1. The zero-order valence-electron chi connectivity index (χ0n) is 25.4. The number of nitrogens with one attached hydrogen (secondary N) is 1. The van der Waals surface area contributed by atoms with E-state index in [1.165, 1.54) is 20.0 Å². The van der Waals surface area contributed by atoms with Gasteiger partial charge in [0, 0.05) is 36.2 Å². The van der Waals surface area contributed by atoms with Crippen molar-refractivity contribution in [3.05, 3.63) is 64.7 Å². The molecule has 0 spiro atoms. The molecule has 236 valence electrons. The fourth-order valence-electron chi connectivity index (χ4n) is 6.92. The molecule has 1 saturated carbocycles.